The molecule has 0 radical (unpaired) electrons. The number of amides is 1. The molecule has 1 N–H and O–H groups in total. The molecule has 0 aliphatic carbocycles. The Hall–Kier alpha value is -3.96. The normalized spacial score (nSPS) is 11.1. The smallest absolute Gasteiger partial charge is 0.264 e. The third kappa shape index (κ3) is 5.64. The number of rotatable bonds is 9. The maximum absolute atomic E-state index is 13.5. The number of methoxy groups -OCH3 is 2. The average molecular weight is 525 g/mol. The Bertz CT molecular complexity index is 1440. The lowest BCUT2D eigenvalue weighted by atomic mass is 10.2. The van der Waals surface area contributed by atoms with E-state index in [1.807, 2.05) is 19.1 Å². The van der Waals surface area contributed by atoms with E-state index in [9.17, 15) is 13.2 Å². The lowest BCUT2D eigenvalue weighted by Crippen LogP contribution is -2.38. The van der Waals surface area contributed by atoms with Crippen molar-refractivity contribution >= 4 is 38.1 Å². The van der Waals surface area contributed by atoms with E-state index in [4.69, 9.17) is 9.47 Å². The lowest BCUT2D eigenvalue weighted by molar-refractivity contribution is -0.114. The molecule has 1 amide bonds. The van der Waals surface area contributed by atoms with E-state index in [0.29, 0.717) is 22.2 Å². The number of sulfonamides is 1. The zero-order valence-electron chi connectivity index (χ0n) is 19.8. The number of benzene rings is 3. The predicted molar refractivity (Wildman–Crippen MR) is 139 cm³/mol. The summed E-state index contributed by atoms with van der Waals surface area (Å²) in [7, 11) is -0.930. The number of ether oxygens (including phenoxy) is 2. The van der Waals surface area contributed by atoms with Crippen LogP contribution in [-0.4, -0.2) is 45.3 Å². The first-order chi connectivity index (χ1) is 17.3. The third-order valence-electron chi connectivity index (χ3n) is 5.26. The van der Waals surface area contributed by atoms with Crippen molar-refractivity contribution in [3.63, 3.8) is 0 Å². The van der Waals surface area contributed by atoms with Crippen LogP contribution in [0.15, 0.2) is 77.7 Å². The molecule has 0 saturated heterocycles. The summed E-state index contributed by atoms with van der Waals surface area (Å²) in [6.07, 6.45) is 0. The molecule has 0 aliphatic rings. The number of carbonyl (C=O) groups excluding carboxylic acids is 1. The van der Waals surface area contributed by atoms with Gasteiger partial charge in [0, 0.05) is 5.56 Å². The quantitative estimate of drug-likeness (QED) is 0.346. The molecule has 186 valence electrons. The van der Waals surface area contributed by atoms with Gasteiger partial charge in [-0.3, -0.25) is 14.4 Å². The van der Waals surface area contributed by atoms with Crippen LogP contribution in [0.25, 0.3) is 10.6 Å². The van der Waals surface area contributed by atoms with Gasteiger partial charge in [0.05, 0.1) is 24.8 Å². The number of nitrogens with zero attached hydrogens (tertiary/aromatic N) is 3. The zero-order chi connectivity index (χ0) is 25.7. The summed E-state index contributed by atoms with van der Waals surface area (Å²) in [5.41, 5.74) is 2.06. The molecule has 11 heteroatoms. The van der Waals surface area contributed by atoms with Gasteiger partial charge in [-0.05, 0) is 67.6 Å². The SMILES string of the molecule is COc1ccc(-c2nnc(NC(=O)CN(c3ccc(OC)cc3)S(=O)(=O)c3ccc(C)cc3)s2)cc1. The van der Waals surface area contributed by atoms with Crippen LogP contribution in [-0.2, 0) is 14.8 Å². The summed E-state index contributed by atoms with van der Waals surface area (Å²) in [5.74, 6) is 0.722. The first kappa shape index (κ1) is 25.1. The predicted octanol–water partition coefficient (Wildman–Crippen LogP) is 4.36. The largest absolute Gasteiger partial charge is 0.497 e. The summed E-state index contributed by atoms with van der Waals surface area (Å²) >= 11 is 1.18. The van der Waals surface area contributed by atoms with Crippen LogP contribution in [0.2, 0.25) is 0 Å². The second kappa shape index (κ2) is 10.8. The van der Waals surface area contributed by atoms with Crippen molar-refractivity contribution in [1.82, 2.24) is 10.2 Å². The Kier molecular flexibility index (Phi) is 7.51. The van der Waals surface area contributed by atoms with E-state index < -0.39 is 22.5 Å². The lowest BCUT2D eigenvalue weighted by Gasteiger charge is -2.24. The molecule has 0 spiro atoms. The highest BCUT2D eigenvalue weighted by molar-refractivity contribution is 7.92. The topological polar surface area (TPSA) is 111 Å². The van der Waals surface area contributed by atoms with Gasteiger partial charge in [0.15, 0.2) is 0 Å². The van der Waals surface area contributed by atoms with E-state index >= 15 is 0 Å². The van der Waals surface area contributed by atoms with E-state index in [1.54, 1.807) is 55.6 Å². The maximum atomic E-state index is 13.5. The molecule has 0 bridgehead atoms. The number of nitrogens with one attached hydrogen (secondary N) is 1. The monoisotopic (exact) mass is 524 g/mol. The Morgan fingerprint density at radius 3 is 2.06 bits per heavy atom. The number of hydrogen-bond donors (Lipinski definition) is 1. The van der Waals surface area contributed by atoms with Crippen LogP contribution < -0.4 is 19.1 Å². The minimum Gasteiger partial charge on any atom is -0.497 e. The van der Waals surface area contributed by atoms with Crippen molar-refractivity contribution in [3.8, 4) is 22.1 Å². The molecule has 3 aromatic carbocycles. The number of anilines is 2. The second-order valence-electron chi connectivity index (χ2n) is 7.71. The Balaban J connectivity index is 1.57. The van der Waals surface area contributed by atoms with Crippen LogP contribution in [0.4, 0.5) is 10.8 Å². The Morgan fingerprint density at radius 2 is 1.47 bits per heavy atom. The summed E-state index contributed by atoms with van der Waals surface area (Å²) in [6.45, 7) is 1.41. The van der Waals surface area contributed by atoms with Crippen LogP contribution in [0.3, 0.4) is 0 Å². The fourth-order valence-electron chi connectivity index (χ4n) is 3.31. The number of aryl methyl sites for hydroxylation is 1. The van der Waals surface area contributed by atoms with Crippen molar-refractivity contribution < 1.29 is 22.7 Å². The molecule has 1 aromatic heterocycles. The van der Waals surface area contributed by atoms with Gasteiger partial charge in [-0.2, -0.15) is 0 Å². The molecule has 36 heavy (non-hydrogen) atoms. The van der Waals surface area contributed by atoms with Crippen LogP contribution in [0.1, 0.15) is 5.56 Å². The first-order valence-corrected chi connectivity index (χ1v) is 13.1. The minimum atomic E-state index is -4.04. The van der Waals surface area contributed by atoms with Gasteiger partial charge < -0.3 is 9.47 Å². The van der Waals surface area contributed by atoms with Gasteiger partial charge in [0.1, 0.15) is 23.1 Å². The number of hydrogen-bond acceptors (Lipinski definition) is 8. The van der Waals surface area contributed by atoms with E-state index in [-0.39, 0.29) is 10.0 Å². The van der Waals surface area contributed by atoms with Crippen molar-refractivity contribution in [2.75, 3.05) is 30.4 Å². The van der Waals surface area contributed by atoms with Crippen molar-refractivity contribution in [2.24, 2.45) is 0 Å². The van der Waals surface area contributed by atoms with Crippen molar-refractivity contribution in [2.45, 2.75) is 11.8 Å². The zero-order valence-corrected chi connectivity index (χ0v) is 21.5. The van der Waals surface area contributed by atoms with Crippen molar-refractivity contribution in [1.29, 1.82) is 0 Å². The van der Waals surface area contributed by atoms with Crippen LogP contribution in [0, 0.1) is 6.92 Å². The highest BCUT2D eigenvalue weighted by atomic mass is 32.2. The van der Waals surface area contributed by atoms with Gasteiger partial charge in [-0.1, -0.05) is 29.0 Å². The van der Waals surface area contributed by atoms with Gasteiger partial charge in [-0.15, -0.1) is 10.2 Å². The molecule has 1 heterocycles. The number of aromatic nitrogens is 2. The third-order valence-corrected chi connectivity index (χ3v) is 7.94. The van der Waals surface area contributed by atoms with E-state index in [0.717, 1.165) is 15.4 Å². The molecular formula is C25H24N4O5S2. The standard InChI is InChI=1S/C25H24N4O5S2/c1-17-4-14-22(15-5-17)36(31,32)29(19-8-12-21(34-3)13-9-19)16-23(30)26-25-28-27-24(35-25)18-6-10-20(33-2)11-7-18/h4-15H,16H2,1-3H3,(H,26,28,30). The van der Waals surface area contributed by atoms with Crippen LogP contribution in [0.5, 0.6) is 11.5 Å². The molecule has 0 saturated carbocycles. The number of carbonyl (C=O) groups is 1. The van der Waals surface area contributed by atoms with Gasteiger partial charge in [-0.25, -0.2) is 8.42 Å². The maximum Gasteiger partial charge on any atom is 0.264 e. The van der Waals surface area contributed by atoms with Gasteiger partial charge in [0.25, 0.3) is 10.0 Å². The average Bonchev–Trinajstić information content (AvgIpc) is 3.36. The van der Waals surface area contributed by atoms with Crippen LogP contribution >= 0.6 is 11.3 Å². The fraction of sp³-hybridized carbons (Fsp3) is 0.160. The molecule has 0 aliphatic heterocycles. The van der Waals surface area contributed by atoms with Gasteiger partial charge >= 0.3 is 0 Å². The molecule has 4 rings (SSSR count). The summed E-state index contributed by atoms with van der Waals surface area (Å²) in [4.78, 5) is 13.0. The summed E-state index contributed by atoms with van der Waals surface area (Å²) in [5, 5.41) is 11.7. The minimum absolute atomic E-state index is 0.0782. The second-order valence-corrected chi connectivity index (χ2v) is 10.6. The summed E-state index contributed by atoms with van der Waals surface area (Å²) < 4.78 is 38.4. The summed E-state index contributed by atoms with van der Waals surface area (Å²) in [6, 6.07) is 20.2. The van der Waals surface area contributed by atoms with Crippen molar-refractivity contribution in [3.05, 3.63) is 78.4 Å². The van der Waals surface area contributed by atoms with E-state index in [2.05, 4.69) is 15.5 Å². The molecule has 4 aromatic rings. The Labute approximate surface area is 213 Å². The highest BCUT2D eigenvalue weighted by Gasteiger charge is 2.27. The first-order valence-electron chi connectivity index (χ1n) is 10.8. The fourth-order valence-corrected chi connectivity index (χ4v) is 5.50. The molecule has 9 nitrogen and oxygen atoms in total. The van der Waals surface area contributed by atoms with E-state index in [1.165, 1.54) is 30.6 Å². The molecular weight excluding hydrogens is 500 g/mol. The molecule has 0 fully saturated rings. The molecule has 0 atom stereocenters. The van der Waals surface area contributed by atoms with Gasteiger partial charge in [0.2, 0.25) is 11.0 Å². The Morgan fingerprint density at radius 1 is 0.889 bits per heavy atom. The highest BCUT2D eigenvalue weighted by Crippen LogP contribution is 2.29. The molecule has 0 unspecified atom stereocenters.